The van der Waals surface area contributed by atoms with Gasteiger partial charge in [-0.1, -0.05) is 6.92 Å². The number of phenolic OH excluding ortho intramolecular Hbond substituents is 3. The molecule has 2 saturated heterocycles. The molecule has 10 unspecified atom stereocenters. The second kappa shape index (κ2) is 16.1. The molecule has 6 rings (SSSR count). The first-order valence-electron chi connectivity index (χ1n) is 17.2. The van der Waals surface area contributed by atoms with Gasteiger partial charge in [-0.05, 0) is 36.6 Å². The molecule has 2 aromatic carbocycles. The number of aryl methyl sites for hydroxylation is 1. The van der Waals surface area contributed by atoms with Crippen LogP contribution >= 0.6 is 0 Å². The van der Waals surface area contributed by atoms with E-state index in [-0.39, 0.29) is 58.6 Å². The summed E-state index contributed by atoms with van der Waals surface area (Å²) in [5.41, 5.74) is 0.521. The zero-order valence-corrected chi connectivity index (χ0v) is 29.3. The molecule has 302 valence electrons. The van der Waals surface area contributed by atoms with E-state index < -0.39 is 96.0 Å². The Hall–Kier alpha value is -5.29. The van der Waals surface area contributed by atoms with Crippen LogP contribution in [-0.4, -0.2) is 141 Å². The zero-order valence-electron chi connectivity index (χ0n) is 29.3. The minimum absolute atomic E-state index is 0.0618. The lowest BCUT2D eigenvalue weighted by Gasteiger charge is -2.41. The van der Waals surface area contributed by atoms with Gasteiger partial charge in [0, 0.05) is 53.7 Å². The number of carbonyl (C=O) groups excluding carboxylic acids is 1. The highest BCUT2D eigenvalue weighted by molar-refractivity contribution is 5.88. The molecule has 4 aromatic rings. The highest BCUT2D eigenvalue weighted by Crippen LogP contribution is 2.41. The van der Waals surface area contributed by atoms with Crippen molar-refractivity contribution in [2.45, 2.75) is 87.6 Å². The number of aromatic nitrogens is 1. The molecule has 0 saturated carbocycles. The number of nitrogens with one attached hydrogen (secondary N) is 1. The van der Waals surface area contributed by atoms with Crippen LogP contribution in [-0.2, 0) is 43.1 Å². The molecular formula is C36H39NO19. The molecule has 0 radical (unpaired) electrons. The maximum atomic E-state index is 13.6. The SMILES string of the molecule is CCc1cc(Cc2c(OC3OC(C(=O)OC4OC(C(=O)O)C(O)C(O)C4O)C(O)C(O)C3O)cc3oc(-c4cc(O)c(O)c(CCO)c4)cc(=O)c3c2O)c[nH]1. The Morgan fingerprint density at radius 3 is 2.12 bits per heavy atom. The first-order valence-corrected chi connectivity index (χ1v) is 17.2. The van der Waals surface area contributed by atoms with Crippen LogP contribution < -0.4 is 10.2 Å². The lowest BCUT2D eigenvalue weighted by molar-refractivity contribution is -0.302. The van der Waals surface area contributed by atoms with E-state index in [1.54, 1.807) is 12.3 Å². The Kier molecular flexibility index (Phi) is 11.6. The highest BCUT2D eigenvalue weighted by Gasteiger charge is 2.52. The van der Waals surface area contributed by atoms with Gasteiger partial charge in [-0.2, -0.15) is 0 Å². The van der Waals surface area contributed by atoms with Gasteiger partial charge in [0.15, 0.2) is 29.1 Å². The summed E-state index contributed by atoms with van der Waals surface area (Å²) in [6, 6.07) is 6.40. The molecule has 0 bridgehead atoms. The van der Waals surface area contributed by atoms with Crippen molar-refractivity contribution < 1.29 is 89.1 Å². The number of aliphatic hydroxyl groups excluding tert-OH is 7. The van der Waals surface area contributed by atoms with Crippen LogP contribution in [0.4, 0.5) is 0 Å². The number of aromatic amines is 1. The Morgan fingerprint density at radius 1 is 0.821 bits per heavy atom. The molecule has 10 atom stereocenters. The summed E-state index contributed by atoms with van der Waals surface area (Å²) >= 11 is 0. The number of phenols is 3. The number of aromatic hydroxyl groups is 3. The second-order valence-corrected chi connectivity index (χ2v) is 13.3. The molecule has 0 spiro atoms. The minimum atomic E-state index is -2.23. The summed E-state index contributed by atoms with van der Waals surface area (Å²) in [6.45, 7) is 1.51. The van der Waals surface area contributed by atoms with Gasteiger partial charge in [-0.25, -0.2) is 9.59 Å². The first kappa shape index (κ1) is 40.4. The molecular weight excluding hydrogens is 750 g/mol. The van der Waals surface area contributed by atoms with Gasteiger partial charge in [-0.15, -0.1) is 0 Å². The van der Waals surface area contributed by atoms with Crippen molar-refractivity contribution in [2.75, 3.05) is 6.61 Å². The van der Waals surface area contributed by atoms with E-state index in [0.717, 1.165) is 23.9 Å². The number of carboxylic acids is 1. The summed E-state index contributed by atoms with van der Waals surface area (Å²) in [5, 5.41) is 113. The molecule has 56 heavy (non-hydrogen) atoms. The van der Waals surface area contributed by atoms with Crippen molar-refractivity contribution in [2.24, 2.45) is 0 Å². The monoisotopic (exact) mass is 789 g/mol. The van der Waals surface area contributed by atoms with Gasteiger partial charge in [0.05, 0.1) is 0 Å². The number of rotatable bonds is 11. The maximum absolute atomic E-state index is 13.6. The topological polar surface area (TPSA) is 340 Å². The maximum Gasteiger partial charge on any atom is 0.340 e. The highest BCUT2D eigenvalue weighted by atomic mass is 16.7. The average Bonchev–Trinajstić information content (AvgIpc) is 3.62. The third-order valence-corrected chi connectivity index (χ3v) is 9.55. The van der Waals surface area contributed by atoms with E-state index >= 15 is 0 Å². The molecule has 20 nitrogen and oxygen atoms in total. The summed E-state index contributed by atoms with van der Waals surface area (Å²) in [5.74, 6) is -5.56. The number of hydrogen-bond donors (Lipinski definition) is 12. The summed E-state index contributed by atoms with van der Waals surface area (Å²) in [7, 11) is 0. The molecule has 4 heterocycles. The smallest absolute Gasteiger partial charge is 0.340 e. The quantitative estimate of drug-likeness (QED) is 0.0590. The number of carboxylic acid groups (broad SMARTS) is 1. The fourth-order valence-corrected chi connectivity index (χ4v) is 6.47. The predicted molar refractivity (Wildman–Crippen MR) is 184 cm³/mol. The fourth-order valence-electron chi connectivity index (χ4n) is 6.47. The third kappa shape index (κ3) is 7.61. The van der Waals surface area contributed by atoms with Crippen molar-refractivity contribution in [1.29, 1.82) is 0 Å². The van der Waals surface area contributed by atoms with Gasteiger partial charge in [-0.3, -0.25) is 4.79 Å². The Bertz CT molecular complexity index is 2160. The van der Waals surface area contributed by atoms with Crippen LogP contribution in [0.1, 0.15) is 29.3 Å². The second-order valence-electron chi connectivity index (χ2n) is 13.3. The van der Waals surface area contributed by atoms with Gasteiger partial charge in [0.25, 0.3) is 0 Å². The Balaban J connectivity index is 1.38. The standard InChI is InChI=1S/C36H39NO19/c1-2-15-5-12(11-37-15)6-16-20(10-21-22(24(16)42)17(39)9-19(52-21)14-7-13(3-4-38)23(41)18(40)8-14)53-35-29(47)26(44)28(46)32(55-35)34(51)56-36-30(48)25(43)27(45)31(54-36)33(49)50/h5,7-11,25-32,35-38,40-48H,2-4,6H2,1H3,(H,49,50). The molecule has 20 heteroatoms. The van der Waals surface area contributed by atoms with Crippen LogP contribution in [0, 0.1) is 0 Å². The van der Waals surface area contributed by atoms with Gasteiger partial charge < -0.3 is 84.5 Å². The number of fused-ring (bicyclic) bond motifs is 1. The van der Waals surface area contributed by atoms with E-state index in [4.69, 9.17) is 23.4 Å². The minimum Gasteiger partial charge on any atom is -0.507 e. The fraction of sp³-hybridized carbons (Fsp3) is 0.417. The van der Waals surface area contributed by atoms with Crippen LogP contribution in [0.3, 0.4) is 0 Å². The molecule has 2 fully saturated rings. The van der Waals surface area contributed by atoms with Crippen LogP contribution in [0.2, 0.25) is 0 Å². The number of esters is 1. The molecule has 2 aromatic heterocycles. The van der Waals surface area contributed by atoms with Crippen LogP contribution in [0.25, 0.3) is 22.3 Å². The van der Waals surface area contributed by atoms with Crippen LogP contribution in [0.15, 0.2) is 45.7 Å². The van der Waals surface area contributed by atoms with Crippen molar-refractivity contribution in [3.8, 4) is 34.3 Å². The van der Waals surface area contributed by atoms with E-state index in [1.807, 2.05) is 6.92 Å². The number of carbonyl (C=O) groups is 2. The number of aliphatic hydroxyl groups is 7. The summed E-state index contributed by atoms with van der Waals surface area (Å²) in [4.78, 5) is 41.4. The van der Waals surface area contributed by atoms with Crippen LogP contribution in [0.5, 0.6) is 23.0 Å². The Morgan fingerprint density at radius 2 is 1.48 bits per heavy atom. The van der Waals surface area contributed by atoms with E-state index in [2.05, 4.69) is 4.98 Å². The summed E-state index contributed by atoms with van der Waals surface area (Å²) < 4.78 is 27.4. The molecule has 0 aliphatic carbocycles. The number of aliphatic carboxylic acids is 1. The normalized spacial score (nSPS) is 27.9. The van der Waals surface area contributed by atoms with E-state index in [1.165, 1.54) is 6.07 Å². The van der Waals surface area contributed by atoms with Gasteiger partial charge >= 0.3 is 11.9 Å². The molecule has 0 amide bonds. The lowest BCUT2D eigenvalue weighted by atomic mass is 9.97. The number of benzene rings is 2. The third-order valence-electron chi connectivity index (χ3n) is 9.55. The number of H-pyrrole nitrogens is 1. The Labute approximate surface area is 314 Å². The van der Waals surface area contributed by atoms with Gasteiger partial charge in [0.1, 0.15) is 64.9 Å². The summed E-state index contributed by atoms with van der Waals surface area (Å²) in [6.07, 6.45) is -19.5. The van der Waals surface area contributed by atoms with E-state index in [0.29, 0.717) is 12.0 Å². The largest absolute Gasteiger partial charge is 0.507 e. The van der Waals surface area contributed by atoms with E-state index in [9.17, 15) is 70.6 Å². The number of hydrogen-bond acceptors (Lipinski definition) is 18. The van der Waals surface area contributed by atoms with Crippen molar-refractivity contribution in [3.63, 3.8) is 0 Å². The van der Waals surface area contributed by atoms with Crippen molar-refractivity contribution >= 4 is 22.9 Å². The predicted octanol–water partition coefficient (Wildman–Crippen LogP) is -1.79. The van der Waals surface area contributed by atoms with Crippen molar-refractivity contribution in [3.05, 3.63) is 69.1 Å². The molecule has 12 N–H and O–H groups in total. The first-order chi connectivity index (χ1) is 26.5. The van der Waals surface area contributed by atoms with Gasteiger partial charge in [0.2, 0.25) is 12.6 Å². The lowest BCUT2D eigenvalue weighted by Crippen LogP contribution is -2.63. The van der Waals surface area contributed by atoms with Crippen molar-refractivity contribution in [1.82, 2.24) is 4.98 Å². The zero-order chi connectivity index (χ0) is 40.7. The average molecular weight is 790 g/mol. The number of ether oxygens (including phenoxy) is 4. The molecule has 2 aliphatic heterocycles. The molecule has 2 aliphatic rings.